The molecule has 0 saturated carbocycles. The number of aromatic nitrogens is 3. The number of hydrogen-bond donors (Lipinski definition) is 0. The zero-order valence-corrected chi connectivity index (χ0v) is 7.23. The van der Waals surface area contributed by atoms with Crippen molar-refractivity contribution in [2.24, 2.45) is 0 Å². The van der Waals surface area contributed by atoms with E-state index in [9.17, 15) is 0 Å². The summed E-state index contributed by atoms with van der Waals surface area (Å²) < 4.78 is 1.91. The molecule has 0 atom stereocenters. The maximum atomic E-state index is 4.39. The summed E-state index contributed by atoms with van der Waals surface area (Å²) in [5.41, 5.74) is 1.09. The monoisotopic (exact) mass is 161 g/mol. The van der Waals surface area contributed by atoms with Crippen LogP contribution in [0.4, 0.5) is 0 Å². The lowest BCUT2D eigenvalue weighted by Gasteiger charge is -2.02. The predicted molar refractivity (Wildman–Crippen MR) is 47.1 cm³/mol. The Morgan fingerprint density at radius 1 is 1.33 bits per heavy atom. The Kier molecular flexibility index (Phi) is 1.57. The van der Waals surface area contributed by atoms with Gasteiger partial charge >= 0.3 is 0 Å². The van der Waals surface area contributed by atoms with Crippen molar-refractivity contribution in [3.8, 4) is 0 Å². The van der Waals surface area contributed by atoms with Crippen LogP contribution in [0.25, 0.3) is 5.78 Å². The molecule has 3 heteroatoms. The van der Waals surface area contributed by atoms with Crippen molar-refractivity contribution in [1.82, 2.24) is 14.4 Å². The fourth-order valence-electron chi connectivity index (χ4n) is 1.14. The van der Waals surface area contributed by atoms with Crippen molar-refractivity contribution < 1.29 is 0 Å². The molecule has 0 aliphatic heterocycles. The van der Waals surface area contributed by atoms with E-state index in [4.69, 9.17) is 0 Å². The van der Waals surface area contributed by atoms with Gasteiger partial charge in [0.2, 0.25) is 5.78 Å². The van der Waals surface area contributed by atoms with Crippen LogP contribution in [0.1, 0.15) is 25.5 Å². The molecule has 2 rings (SSSR count). The highest BCUT2D eigenvalue weighted by molar-refractivity contribution is 5.29. The van der Waals surface area contributed by atoms with Crippen LogP contribution in [0.3, 0.4) is 0 Å². The second kappa shape index (κ2) is 2.59. The summed E-state index contributed by atoms with van der Waals surface area (Å²) >= 11 is 0. The number of fused-ring (bicyclic) bond motifs is 1. The SMILES string of the molecule is CC(C)c1ccn2ccnc2n1. The normalized spacial score (nSPS) is 11.2. The fourth-order valence-corrected chi connectivity index (χ4v) is 1.14. The Balaban J connectivity index is 2.60. The van der Waals surface area contributed by atoms with E-state index in [-0.39, 0.29) is 0 Å². The molecular weight excluding hydrogens is 150 g/mol. The minimum absolute atomic E-state index is 0.465. The number of imidazole rings is 1. The first kappa shape index (κ1) is 7.28. The molecule has 12 heavy (non-hydrogen) atoms. The Morgan fingerprint density at radius 3 is 2.92 bits per heavy atom. The smallest absolute Gasteiger partial charge is 0.233 e. The largest absolute Gasteiger partial charge is 0.291 e. The van der Waals surface area contributed by atoms with Crippen LogP contribution in [0, 0.1) is 0 Å². The van der Waals surface area contributed by atoms with E-state index in [1.165, 1.54) is 0 Å². The van der Waals surface area contributed by atoms with Crippen LogP contribution in [-0.4, -0.2) is 14.4 Å². The topological polar surface area (TPSA) is 30.2 Å². The van der Waals surface area contributed by atoms with Gasteiger partial charge in [0, 0.05) is 24.3 Å². The predicted octanol–water partition coefficient (Wildman–Crippen LogP) is 1.85. The summed E-state index contributed by atoms with van der Waals surface area (Å²) in [6.45, 7) is 4.25. The van der Waals surface area contributed by atoms with Crippen molar-refractivity contribution in [2.75, 3.05) is 0 Å². The van der Waals surface area contributed by atoms with Gasteiger partial charge in [-0.15, -0.1) is 0 Å². The molecule has 0 aliphatic rings. The molecule has 2 heterocycles. The summed E-state index contributed by atoms with van der Waals surface area (Å²) in [5.74, 6) is 1.24. The van der Waals surface area contributed by atoms with Crippen LogP contribution in [-0.2, 0) is 0 Å². The molecule has 0 fully saturated rings. The Hall–Kier alpha value is -1.38. The molecule has 0 aromatic carbocycles. The first-order valence-corrected chi connectivity index (χ1v) is 4.07. The third-order valence-corrected chi connectivity index (χ3v) is 1.87. The first-order valence-electron chi connectivity index (χ1n) is 4.07. The lowest BCUT2D eigenvalue weighted by Crippen LogP contribution is -1.95. The molecule has 3 nitrogen and oxygen atoms in total. The van der Waals surface area contributed by atoms with Gasteiger partial charge in [-0.05, 0) is 12.0 Å². The second-order valence-electron chi connectivity index (χ2n) is 3.14. The Labute approximate surface area is 71.1 Å². The van der Waals surface area contributed by atoms with E-state index in [0.717, 1.165) is 11.5 Å². The van der Waals surface area contributed by atoms with E-state index in [2.05, 4.69) is 23.8 Å². The van der Waals surface area contributed by atoms with Crippen LogP contribution in [0.2, 0.25) is 0 Å². The van der Waals surface area contributed by atoms with Gasteiger partial charge in [-0.1, -0.05) is 13.8 Å². The average molecular weight is 161 g/mol. The minimum Gasteiger partial charge on any atom is -0.291 e. The highest BCUT2D eigenvalue weighted by Crippen LogP contribution is 2.10. The molecule has 0 aliphatic carbocycles. The molecule has 0 N–H and O–H groups in total. The van der Waals surface area contributed by atoms with Crippen molar-refractivity contribution in [3.05, 3.63) is 30.4 Å². The maximum absolute atomic E-state index is 4.39. The molecule has 0 radical (unpaired) electrons. The Bertz CT molecular complexity index is 389. The van der Waals surface area contributed by atoms with Gasteiger partial charge in [-0.2, -0.15) is 0 Å². The molecule has 0 unspecified atom stereocenters. The zero-order chi connectivity index (χ0) is 8.55. The van der Waals surface area contributed by atoms with Crippen molar-refractivity contribution in [1.29, 1.82) is 0 Å². The lowest BCUT2D eigenvalue weighted by molar-refractivity contribution is 0.817. The van der Waals surface area contributed by atoms with Crippen molar-refractivity contribution in [2.45, 2.75) is 19.8 Å². The third kappa shape index (κ3) is 1.07. The van der Waals surface area contributed by atoms with E-state index < -0.39 is 0 Å². The van der Waals surface area contributed by atoms with Crippen LogP contribution >= 0.6 is 0 Å². The molecule has 0 saturated heterocycles. The quantitative estimate of drug-likeness (QED) is 0.639. The van der Waals surface area contributed by atoms with Crippen LogP contribution in [0.5, 0.6) is 0 Å². The summed E-state index contributed by atoms with van der Waals surface area (Å²) in [6.07, 6.45) is 5.64. The van der Waals surface area contributed by atoms with E-state index in [1.54, 1.807) is 6.20 Å². The van der Waals surface area contributed by atoms with Gasteiger partial charge in [-0.3, -0.25) is 4.40 Å². The minimum atomic E-state index is 0.465. The van der Waals surface area contributed by atoms with Crippen molar-refractivity contribution in [3.63, 3.8) is 0 Å². The maximum Gasteiger partial charge on any atom is 0.233 e. The summed E-state index contributed by atoms with van der Waals surface area (Å²) in [4.78, 5) is 8.50. The molecule has 0 amide bonds. The molecular formula is C9H11N3. The highest BCUT2D eigenvalue weighted by atomic mass is 15.1. The Morgan fingerprint density at radius 2 is 2.17 bits per heavy atom. The zero-order valence-electron chi connectivity index (χ0n) is 7.23. The summed E-state index contributed by atoms with van der Waals surface area (Å²) in [7, 11) is 0. The third-order valence-electron chi connectivity index (χ3n) is 1.87. The van der Waals surface area contributed by atoms with Crippen LogP contribution in [0.15, 0.2) is 24.7 Å². The van der Waals surface area contributed by atoms with Gasteiger partial charge in [0.15, 0.2) is 0 Å². The van der Waals surface area contributed by atoms with Crippen LogP contribution < -0.4 is 0 Å². The number of rotatable bonds is 1. The highest BCUT2D eigenvalue weighted by Gasteiger charge is 2.01. The molecule has 0 spiro atoms. The van der Waals surface area contributed by atoms with Gasteiger partial charge < -0.3 is 0 Å². The van der Waals surface area contributed by atoms with E-state index in [0.29, 0.717) is 5.92 Å². The second-order valence-corrected chi connectivity index (χ2v) is 3.14. The standard InChI is InChI=1S/C9H11N3/c1-7(2)8-3-5-12-6-4-10-9(12)11-8/h3-7H,1-2H3. The van der Waals surface area contributed by atoms with Crippen molar-refractivity contribution >= 4 is 5.78 Å². The first-order chi connectivity index (χ1) is 5.77. The molecule has 2 aromatic heterocycles. The van der Waals surface area contributed by atoms with Gasteiger partial charge in [0.1, 0.15) is 0 Å². The fraction of sp³-hybridized carbons (Fsp3) is 0.333. The molecule has 2 aromatic rings. The summed E-state index contributed by atoms with van der Waals surface area (Å²) in [6, 6.07) is 2.03. The molecule has 62 valence electrons. The number of hydrogen-bond acceptors (Lipinski definition) is 2. The van der Waals surface area contributed by atoms with E-state index >= 15 is 0 Å². The summed E-state index contributed by atoms with van der Waals surface area (Å²) in [5, 5.41) is 0. The van der Waals surface area contributed by atoms with Gasteiger partial charge in [0.05, 0.1) is 0 Å². The van der Waals surface area contributed by atoms with Gasteiger partial charge in [-0.25, -0.2) is 9.97 Å². The average Bonchev–Trinajstić information content (AvgIpc) is 2.49. The number of nitrogens with zero attached hydrogens (tertiary/aromatic N) is 3. The van der Waals surface area contributed by atoms with E-state index in [1.807, 2.05) is 22.9 Å². The molecule has 0 bridgehead atoms. The van der Waals surface area contributed by atoms with Gasteiger partial charge in [0.25, 0.3) is 0 Å². The lowest BCUT2D eigenvalue weighted by atomic mass is 10.1.